The number of anilines is 1. The van der Waals surface area contributed by atoms with Gasteiger partial charge in [-0.2, -0.15) is 9.78 Å². The number of nitrogens with zero attached hydrogens (tertiary/aromatic N) is 2. The van der Waals surface area contributed by atoms with Crippen molar-refractivity contribution < 1.29 is 14.7 Å². The highest BCUT2D eigenvalue weighted by Gasteiger charge is 2.27. The van der Waals surface area contributed by atoms with Gasteiger partial charge in [-0.3, -0.25) is 4.79 Å². The highest BCUT2D eigenvalue weighted by Crippen LogP contribution is 2.39. The van der Waals surface area contributed by atoms with Crippen LogP contribution in [0.25, 0.3) is 11.3 Å². The Morgan fingerprint density at radius 1 is 1.00 bits per heavy atom. The summed E-state index contributed by atoms with van der Waals surface area (Å²) in [6.07, 6.45) is 3.88. The van der Waals surface area contributed by atoms with Gasteiger partial charge in [-0.25, -0.2) is 4.79 Å². The first-order valence-electron chi connectivity index (χ1n) is 12.6. The first-order valence-corrected chi connectivity index (χ1v) is 12.6. The van der Waals surface area contributed by atoms with Gasteiger partial charge < -0.3 is 15.7 Å². The average molecular weight is 495 g/mol. The number of carbonyl (C=O) groups excluding carboxylic acids is 2. The molecule has 37 heavy (non-hydrogen) atoms. The number of carbonyl (C=O) groups is 2. The highest BCUT2D eigenvalue weighted by atomic mass is 16.3. The van der Waals surface area contributed by atoms with Gasteiger partial charge in [-0.05, 0) is 61.6 Å². The zero-order valence-corrected chi connectivity index (χ0v) is 20.8. The van der Waals surface area contributed by atoms with E-state index in [2.05, 4.69) is 15.7 Å². The molecule has 5 rings (SSSR count). The Kier molecular flexibility index (Phi) is 7.03. The van der Waals surface area contributed by atoms with Gasteiger partial charge in [0.15, 0.2) is 0 Å². The van der Waals surface area contributed by atoms with Crippen molar-refractivity contribution in [2.24, 2.45) is 0 Å². The lowest BCUT2D eigenvalue weighted by Crippen LogP contribution is -2.33. The van der Waals surface area contributed by atoms with Crippen LogP contribution in [0, 0.1) is 6.92 Å². The number of aryl methyl sites for hydroxylation is 1. The summed E-state index contributed by atoms with van der Waals surface area (Å²) in [5.41, 5.74) is 4.97. The van der Waals surface area contributed by atoms with Gasteiger partial charge >= 0.3 is 6.03 Å². The summed E-state index contributed by atoms with van der Waals surface area (Å²) in [7, 11) is 0. The van der Waals surface area contributed by atoms with Crippen molar-refractivity contribution in [2.45, 2.75) is 38.5 Å². The molecule has 3 N–H and O–H groups in total. The van der Waals surface area contributed by atoms with Crippen LogP contribution in [0.5, 0.6) is 5.75 Å². The van der Waals surface area contributed by atoms with Gasteiger partial charge in [0, 0.05) is 35.3 Å². The fourth-order valence-corrected chi connectivity index (χ4v) is 4.57. The Labute approximate surface area is 216 Å². The number of hydrogen-bond acceptors (Lipinski definition) is 4. The fraction of sp³-hybridized carbons (Fsp3) is 0.233. The number of rotatable bonds is 7. The van der Waals surface area contributed by atoms with Crippen LogP contribution in [-0.2, 0) is 6.42 Å². The van der Waals surface area contributed by atoms with Gasteiger partial charge in [0.25, 0.3) is 5.91 Å². The molecular weight excluding hydrogens is 464 g/mol. The molecule has 7 nitrogen and oxygen atoms in total. The van der Waals surface area contributed by atoms with Gasteiger partial charge in [-0.1, -0.05) is 55.0 Å². The summed E-state index contributed by atoms with van der Waals surface area (Å²) in [5, 5.41) is 21.2. The monoisotopic (exact) mass is 494 g/mol. The van der Waals surface area contributed by atoms with E-state index >= 15 is 0 Å². The van der Waals surface area contributed by atoms with E-state index in [0.29, 0.717) is 29.1 Å². The number of phenols is 1. The van der Waals surface area contributed by atoms with Crippen LogP contribution in [-0.4, -0.2) is 33.4 Å². The van der Waals surface area contributed by atoms with Gasteiger partial charge in [0.1, 0.15) is 5.75 Å². The van der Waals surface area contributed by atoms with Crippen LogP contribution in [0.1, 0.15) is 52.4 Å². The van der Waals surface area contributed by atoms with E-state index in [4.69, 9.17) is 0 Å². The van der Waals surface area contributed by atoms with E-state index in [1.165, 1.54) is 10.7 Å². The molecule has 3 aromatic carbocycles. The third kappa shape index (κ3) is 5.40. The Morgan fingerprint density at radius 2 is 1.76 bits per heavy atom. The van der Waals surface area contributed by atoms with Gasteiger partial charge in [0.2, 0.25) is 0 Å². The molecule has 0 unspecified atom stereocenters. The molecule has 0 spiro atoms. The quantitative estimate of drug-likeness (QED) is 0.299. The number of aromatic hydroxyl groups is 1. The molecule has 1 aliphatic carbocycles. The van der Waals surface area contributed by atoms with Crippen LogP contribution in [0.2, 0.25) is 0 Å². The van der Waals surface area contributed by atoms with Crippen molar-refractivity contribution in [1.82, 2.24) is 15.1 Å². The predicted molar refractivity (Wildman–Crippen MR) is 144 cm³/mol. The Balaban J connectivity index is 1.33. The molecule has 1 aliphatic rings. The summed E-state index contributed by atoms with van der Waals surface area (Å²) in [6.45, 7) is 2.38. The molecule has 1 heterocycles. The van der Waals surface area contributed by atoms with Crippen molar-refractivity contribution in [3.8, 4) is 17.0 Å². The summed E-state index contributed by atoms with van der Waals surface area (Å²) in [6, 6.07) is 23.9. The molecule has 4 aromatic rings. The second-order valence-corrected chi connectivity index (χ2v) is 9.46. The van der Waals surface area contributed by atoms with Crippen molar-refractivity contribution in [2.75, 3.05) is 11.9 Å². The standard InChI is InChI=1S/C30H30N4O3/c1-20-8-5-6-13-24(20)29(36)32-23-14-15-25(28(35)18-23)26-19-27(22-11-7-12-22)34(33-26)30(37)31-17-16-21-9-3-2-4-10-21/h2-6,8-10,13-15,18-19,22,35H,7,11-12,16-17H2,1H3,(H,31,37)(H,32,36). The first-order chi connectivity index (χ1) is 18.0. The molecule has 0 saturated heterocycles. The summed E-state index contributed by atoms with van der Waals surface area (Å²) in [4.78, 5) is 25.7. The molecule has 188 valence electrons. The van der Waals surface area contributed by atoms with Crippen LogP contribution >= 0.6 is 0 Å². The zero-order valence-electron chi connectivity index (χ0n) is 20.8. The van der Waals surface area contributed by atoms with Crippen molar-refractivity contribution in [3.63, 3.8) is 0 Å². The minimum absolute atomic E-state index is 0.0168. The molecular formula is C30H30N4O3. The molecule has 1 fully saturated rings. The van der Waals surface area contributed by atoms with Crippen molar-refractivity contribution in [3.05, 3.63) is 101 Å². The number of amides is 2. The molecule has 1 saturated carbocycles. The van der Waals surface area contributed by atoms with Crippen LogP contribution in [0.3, 0.4) is 0 Å². The second-order valence-electron chi connectivity index (χ2n) is 9.46. The van der Waals surface area contributed by atoms with Gasteiger partial charge in [0.05, 0.1) is 11.4 Å². The van der Waals surface area contributed by atoms with Crippen molar-refractivity contribution >= 4 is 17.6 Å². The summed E-state index contributed by atoms with van der Waals surface area (Å²) < 4.78 is 1.44. The Bertz CT molecular complexity index is 1420. The van der Waals surface area contributed by atoms with E-state index in [1.807, 2.05) is 61.5 Å². The topological polar surface area (TPSA) is 96.3 Å². The zero-order chi connectivity index (χ0) is 25.8. The Hall–Kier alpha value is -4.39. The van der Waals surface area contributed by atoms with E-state index < -0.39 is 0 Å². The van der Waals surface area contributed by atoms with E-state index in [9.17, 15) is 14.7 Å². The maximum absolute atomic E-state index is 13.0. The fourth-order valence-electron chi connectivity index (χ4n) is 4.57. The average Bonchev–Trinajstić information content (AvgIpc) is 3.28. The van der Waals surface area contributed by atoms with Crippen LogP contribution in [0.15, 0.2) is 78.9 Å². The predicted octanol–water partition coefficient (Wildman–Crippen LogP) is 5.88. The highest BCUT2D eigenvalue weighted by molar-refractivity contribution is 6.05. The molecule has 7 heteroatoms. The number of benzene rings is 3. The van der Waals surface area contributed by atoms with Crippen LogP contribution < -0.4 is 10.6 Å². The summed E-state index contributed by atoms with van der Waals surface area (Å²) >= 11 is 0. The molecule has 1 aromatic heterocycles. The minimum Gasteiger partial charge on any atom is -0.507 e. The third-order valence-electron chi connectivity index (χ3n) is 6.91. The number of phenolic OH excluding ortho intramolecular Hbond substituents is 1. The van der Waals surface area contributed by atoms with E-state index in [-0.39, 0.29) is 23.6 Å². The normalized spacial score (nSPS) is 13.1. The second kappa shape index (κ2) is 10.7. The SMILES string of the molecule is Cc1ccccc1C(=O)Nc1ccc(-c2cc(C3CCC3)n(C(=O)NCCc3ccccc3)n2)c(O)c1. The number of nitrogens with one attached hydrogen (secondary N) is 2. The molecule has 0 atom stereocenters. The van der Waals surface area contributed by atoms with E-state index in [1.54, 1.807) is 18.2 Å². The number of hydrogen-bond donors (Lipinski definition) is 3. The largest absolute Gasteiger partial charge is 0.507 e. The lowest BCUT2D eigenvalue weighted by atomic mass is 9.82. The minimum atomic E-state index is -0.273. The maximum Gasteiger partial charge on any atom is 0.342 e. The first kappa shape index (κ1) is 24.3. The molecule has 0 aliphatic heterocycles. The lowest BCUT2D eigenvalue weighted by Gasteiger charge is -2.25. The number of aromatic nitrogens is 2. The smallest absolute Gasteiger partial charge is 0.342 e. The lowest BCUT2D eigenvalue weighted by molar-refractivity contribution is 0.102. The maximum atomic E-state index is 13.0. The Morgan fingerprint density at radius 3 is 2.46 bits per heavy atom. The third-order valence-corrected chi connectivity index (χ3v) is 6.91. The van der Waals surface area contributed by atoms with Crippen LogP contribution in [0.4, 0.5) is 10.5 Å². The van der Waals surface area contributed by atoms with Gasteiger partial charge in [-0.15, -0.1) is 0 Å². The molecule has 2 amide bonds. The summed E-state index contributed by atoms with van der Waals surface area (Å²) in [5.74, 6) is 0.0155. The van der Waals surface area contributed by atoms with Crippen molar-refractivity contribution in [1.29, 1.82) is 0 Å². The molecule has 0 radical (unpaired) electrons. The van der Waals surface area contributed by atoms with E-state index in [0.717, 1.165) is 42.5 Å². The molecule has 0 bridgehead atoms.